The van der Waals surface area contributed by atoms with Crippen LogP contribution in [-0.4, -0.2) is 71.7 Å². The second-order valence-electron chi connectivity index (χ2n) is 12.5. The van der Waals surface area contributed by atoms with E-state index in [0.29, 0.717) is 0 Å². The van der Waals surface area contributed by atoms with E-state index >= 15 is 0 Å². The number of carbonyl (C=O) groups is 5. The third-order valence-corrected chi connectivity index (χ3v) is 6.16. The summed E-state index contributed by atoms with van der Waals surface area (Å²) >= 11 is 0. The number of rotatable bonds is 12. The lowest BCUT2D eigenvalue weighted by Crippen LogP contribution is -2.58. The predicted molar refractivity (Wildman–Crippen MR) is 149 cm³/mol. The molecule has 0 aliphatic heterocycles. The Morgan fingerprint density at radius 3 is 1.95 bits per heavy atom. The molecular weight excluding hydrogens is 500 g/mol. The van der Waals surface area contributed by atoms with Crippen LogP contribution in [0.2, 0.25) is 0 Å². The van der Waals surface area contributed by atoms with Crippen molar-refractivity contribution in [3.05, 3.63) is 35.9 Å². The molecule has 0 heterocycles. The van der Waals surface area contributed by atoms with Crippen LogP contribution in [-0.2, 0) is 30.5 Å². The zero-order chi connectivity index (χ0) is 30.1. The summed E-state index contributed by atoms with van der Waals surface area (Å²) in [6.07, 6.45) is -1.87. The van der Waals surface area contributed by atoms with Crippen LogP contribution in [0.4, 0.5) is 0 Å². The van der Waals surface area contributed by atoms with Crippen LogP contribution in [0.3, 0.4) is 0 Å². The van der Waals surface area contributed by atoms with E-state index in [1.165, 1.54) is 25.9 Å². The second kappa shape index (κ2) is 14.2. The first-order valence-corrected chi connectivity index (χ1v) is 13.2. The van der Waals surface area contributed by atoms with Crippen molar-refractivity contribution in [2.75, 3.05) is 14.1 Å². The Kier molecular flexibility index (Phi) is 12.3. The maximum atomic E-state index is 13.4. The van der Waals surface area contributed by atoms with Gasteiger partial charge in [-0.2, -0.15) is 0 Å². The summed E-state index contributed by atoms with van der Waals surface area (Å²) in [5.41, 5.74) is -0.189. The summed E-state index contributed by atoms with van der Waals surface area (Å²) in [6, 6.07) is 6.78. The molecule has 4 atom stereocenters. The molecule has 1 aromatic rings. The summed E-state index contributed by atoms with van der Waals surface area (Å²) in [7, 11) is 3.04. The lowest BCUT2D eigenvalue weighted by molar-refractivity contribution is -0.142. The van der Waals surface area contributed by atoms with Gasteiger partial charge in [0.25, 0.3) is 0 Å². The smallest absolute Gasteiger partial charge is 0.249 e. The number of carbonyl (C=O) groups excluding carboxylic acids is 5. The lowest BCUT2D eigenvalue weighted by Gasteiger charge is -2.33. The van der Waals surface area contributed by atoms with Gasteiger partial charge in [0.2, 0.25) is 23.6 Å². The number of ketones is 1. The van der Waals surface area contributed by atoms with Crippen LogP contribution in [0, 0.1) is 16.7 Å². The third-order valence-electron chi connectivity index (χ3n) is 6.16. The molecule has 1 unspecified atom stereocenters. The minimum absolute atomic E-state index is 0.165. The van der Waals surface area contributed by atoms with Gasteiger partial charge in [0.05, 0.1) is 18.4 Å². The highest BCUT2D eigenvalue weighted by atomic mass is 16.3. The molecule has 1 rings (SSSR count). The van der Waals surface area contributed by atoms with Gasteiger partial charge in [-0.3, -0.25) is 24.0 Å². The molecule has 0 saturated heterocycles. The minimum Gasteiger partial charge on any atom is -0.383 e. The normalized spacial score (nSPS) is 14.8. The number of hydrogen-bond donors (Lipinski definition) is 4. The highest BCUT2D eigenvalue weighted by Crippen LogP contribution is 2.23. The fourth-order valence-corrected chi connectivity index (χ4v) is 3.79. The Balaban J connectivity index is 3.09. The molecule has 0 saturated carbocycles. The average molecular weight is 547 g/mol. The molecule has 10 heteroatoms. The molecular formula is C29H46N4O6. The van der Waals surface area contributed by atoms with Crippen molar-refractivity contribution in [1.82, 2.24) is 20.9 Å². The minimum atomic E-state index is -1.69. The molecule has 0 bridgehead atoms. The molecule has 0 fully saturated rings. The van der Waals surface area contributed by atoms with E-state index < -0.39 is 53.0 Å². The van der Waals surface area contributed by atoms with Gasteiger partial charge in [-0.05, 0) is 16.4 Å². The van der Waals surface area contributed by atoms with Crippen LogP contribution in [0.5, 0.6) is 0 Å². The van der Waals surface area contributed by atoms with Crippen molar-refractivity contribution in [2.24, 2.45) is 16.7 Å². The lowest BCUT2D eigenvalue weighted by atomic mass is 9.84. The zero-order valence-electron chi connectivity index (χ0n) is 24.8. The van der Waals surface area contributed by atoms with E-state index in [1.807, 2.05) is 51.1 Å². The standard InChI is InChI=1S/C29H46N4O6/c1-18(24(37)26(38)30-17-19-13-11-10-12-14-19)23(36)20(15-22(35)33(8)9)31-27(39)25(29(5,6)7)32-21(34)16-28(2,3)4/h10-14,18,20,24-25,37H,15-17H2,1-9H3,(H,30,38)(H,31,39)(H,32,34)/t18-,20+,24?,25-/m1/s1. The van der Waals surface area contributed by atoms with Crippen LogP contribution in [0.25, 0.3) is 0 Å². The summed E-state index contributed by atoms with van der Waals surface area (Å²) < 4.78 is 0. The van der Waals surface area contributed by atoms with E-state index in [1.54, 1.807) is 20.8 Å². The summed E-state index contributed by atoms with van der Waals surface area (Å²) in [4.78, 5) is 65.9. The van der Waals surface area contributed by atoms with Crippen LogP contribution >= 0.6 is 0 Å². The highest BCUT2D eigenvalue weighted by Gasteiger charge is 2.39. The van der Waals surface area contributed by atoms with Crippen molar-refractivity contribution in [3.63, 3.8) is 0 Å². The number of nitrogens with zero attached hydrogens (tertiary/aromatic N) is 1. The molecule has 39 heavy (non-hydrogen) atoms. The molecule has 0 radical (unpaired) electrons. The molecule has 0 aliphatic rings. The van der Waals surface area contributed by atoms with Gasteiger partial charge in [-0.25, -0.2) is 0 Å². The summed E-state index contributed by atoms with van der Waals surface area (Å²) in [5, 5.41) is 18.6. The first-order chi connectivity index (χ1) is 17.8. The van der Waals surface area contributed by atoms with Gasteiger partial charge in [0, 0.05) is 27.1 Å². The average Bonchev–Trinajstić information content (AvgIpc) is 2.82. The SMILES string of the molecule is C[C@H](C(=O)[C@H](CC(=O)N(C)C)NC(=O)[C@@H](NC(=O)CC(C)(C)C)C(C)(C)C)C(O)C(=O)NCc1ccccc1. The van der Waals surface area contributed by atoms with Crippen molar-refractivity contribution >= 4 is 29.4 Å². The topological polar surface area (TPSA) is 145 Å². The first kappa shape index (κ1) is 33.8. The molecule has 0 aliphatic carbocycles. The van der Waals surface area contributed by atoms with E-state index in [2.05, 4.69) is 16.0 Å². The quantitative estimate of drug-likeness (QED) is 0.315. The number of amides is 4. The molecule has 4 amide bonds. The van der Waals surface area contributed by atoms with Crippen molar-refractivity contribution < 1.29 is 29.1 Å². The van der Waals surface area contributed by atoms with Crippen LogP contribution in [0.1, 0.15) is 66.9 Å². The Hall–Kier alpha value is -3.27. The number of nitrogens with one attached hydrogen (secondary N) is 3. The fourth-order valence-electron chi connectivity index (χ4n) is 3.79. The summed E-state index contributed by atoms with van der Waals surface area (Å²) in [5.74, 6) is -4.01. The fraction of sp³-hybridized carbons (Fsp3) is 0.621. The van der Waals surface area contributed by atoms with Crippen molar-refractivity contribution in [3.8, 4) is 0 Å². The Bertz CT molecular complexity index is 1010. The van der Waals surface area contributed by atoms with Gasteiger partial charge in [-0.1, -0.05) is 78.8 Å². The number of aliphatic hydroxyl groups excluding tert-OH is 1. The van der Waals surface area contributed by atoms with Crippen LogP contribution in [0.15, 0.2) is 30.3 Å². The molecule has 10 nitrogen and oxygen atoms in total. The molecule has 0 aromatic heterocycles. The van der Waals surface area contributed by atoms with E-state index in [9.17, 15) is 29.1 Å². The monoisotopic (exact) mass is 546 g/mol. The molecule has 4 N–H and O–H groups in total. The Morgan fingerprint density at radius 2 is 1.46 bits per heavy atom. The van der Waals surface area contributed by atoms with Gasteiger partial charge in [0.15, 0.2) is 5.78 Å². The second-order valence-corrected chi connectivity index (χ2v) is 12.5. The maximum absolute atomic E-state index is 13.4. The zero-order valence-corrected chi connectivity index (χ0v) is 24.8. The van der Waals surface area contributed by atoms with Crippen LogP contribution < -0.4 is 16.0 Å². The van der Waals surface area contributed by atoms with Gasteiger partial charge in [0.1, 0.15) is 12.1 Å². The van der Waals surface area contributed by atoms with Gasteiger partial charge >= 0.3 is 0 Å². The number of aliphatic hydroxyl groups is 1. The Morgan fingerprint density at radius 1 is 0.897 bits per heavy atom. The van der Waals surface area contributed by atoms with E-state index in [0.717, 1.165) is 5.56 Å². The first-order valence-electron chi connectivity index (χ1n) is 13.2. The number of hydrogen-bond acceptors (Lipinski definition) is 6. The Labute approximate surface area is 232 Å². The molecule has 0 spiro atoms. The largest absolute Gasteiger partial charge is 0.383 e. The van der Waals surface area contributed by atoms with Crippen molar-refractivity contribution in [1.29, 1.82) is 0 Å². The van der Waals surface area contributed by atoms with Gasteiger partial charge in [-0.15, -0.1) is 0 Å². The van der Waals surface area contributed by atoms with Gasteiger partial charge < -0.3 is 26.0 Å². The van der Waals surface area contributed by atoms with Crippen molar-refractivity contribution in [2.45, 2.75) is 86.0 Å². The summed E-state index contributed by atoms with van der Waals surface area (Å²) in [6.45, 7) is 12.6. The molecule has 218 valence electrons. The molecule has 1 aromatic carbocycles. The van der Waals surface area contributed by atoms with E-state index in [4.69, 9.17) is 0 Å². The predicted octanol–water partition coefficient (Wildman–Crippen LogP) is 1.80. The van der Waals surface area contributed by atoms with E-state index in [-0.39, 0.29) is 30.7 Å². The number of benzene rings is 1. The maximum Gasteiger partial charge on any atom is 0.249 e. The number of Topliss-reactive ketones (excluding diaryl/α,β-unsaturated/α-hetero) is 1. The third kappa shape index (κ3) is 11.6. The highest BCUT2D eigenvalue weighted by molar-refractivity contribution is 5.98.